The molecule has 0 aliphatic carbocycles. The number of anilines is 2. The molecule has 2 aromatic rings. The summed E-state index contributed by atoms with van der Waals surface area (Å²) in [7, 11) is 0. The SMILES string of the molecule is Nc1cccc(C(=O)Nc2cc(C(F)(F)F)ccc2O)c1. The lowest BCUT2D eigenvalue weighted by molar-refractivity contribution is -0.137. The van der Waals surface area contributed by atoms with Gasteiger partial charge in [0.25, 0.3) is 5.91 Å². The first-order valence-electron chi connectivity index (χ1n) is 5.84. The number of phenolic OH excluding ortho intramolecular Hbond substituents is 1. The Morgan fingerprint density at radius 2 is 1.86 bits per heavy atom. The van der Waals surface area contributed by atoms with E-state index in [1.165, 1.54) is 18.2 Å². The molecule has 0 saturated heterocycles. The van der Waals surface area contributed by atoms with E-state index in [4.69, 9.17) is 5.73 Å². The van der Waals surface area contributed by atoms with Crippen LogP contribution in [-0.2, 0) is 6.18 Å². The minimum atomic E-state index is -4.57. The molecule has 2 rings (SSSR count). The number of nitrogens with two attached hydrogens (primary N) is 1. The van der Waals surface area contributed by atoms with Crippen LogP contribution in [0.4, 0.5) is 24.5 Å². The molecule has 0 spiro atoms. The van der Waals surface area contributed by atoms with Gasteiger partial charge < -0.3 is 16.2 Å². The minimum Gasteiger partial charge on any atom is -0.506 e. The van der Waals surface area contributed by atoms with Crippen LogP contribution in [0.1, 0.15) is 15.9 Å². The second-order valence-electron chi connectivity index (χ2n) is 4.31. The number of rotatable bonds is 2. The molecule has 7 heteroatoms. The largest absolute Gasteiger partial charge is 0.506 e. The maximum atomic E-state index is 12.6. The number of carbonyl (C=O) groups excluding carboxylic acids is 1. The Morgan fingerprint density at radius 3 is 2.48 bits per heavy atom. The van der Waals surface area contributed by atoms with Crippen molar-refractivity contribution in [2.24, 2.45) is 0 Å². The summed E-state index contributed by atoms with van der Waals surface area (Å²) >= 11 is 0. The number of nitrogens with one attached hydrogen (secondary N) is 1. The lowest BCUT2D eigenvalue weighted by atomic mass is 10.1. The van der Waals surface area contributed by atoms with E-state index in [1.54, 1.807) is 6.07 Å². The van der Waals surface area contributed by atoms with Crippen LogP contribution < -0.4 is 11.1 Å². The zero-order chi connectivity index (χ0) is 15.6. The molecule has 2 aromatic carbocycles. The fraction of sp³-hybridized carbons (Fsp3) is 0.0714. The van der Waals surface area contributed by atoms with Gasteiger partial charge in [-0.25, -0.2) is 0 Å². The van der Waals surface area contributed by atoms with Crippen molar-refractivity contribution < 1.29 is 23.1 Å². The summed E-state index contributed by atoms with van der Waals surface area (Å²) in [6, 6.07) is 8.20. The Kier molecular flexibility index (Phi) is 3.75. The van der Waals surface area contributed by atoms with Gasteiger partial charge in [-0.2, -0.15) is 13.2 Å². The summed E-state index contributed by atoms with van der Waals surface area (Å²) in [4.78, 5) is 11.9. The van der Waals surface area contributed by atoms with Gasteiger partial charge in [-0.3, -0.25) is 4.79 Å². The van der Waals surface area contributed by atoms with Gasteiger partial charge >= 0.3 is 6.18 Å². The van der Waals surface area contributed by atoms with Gasteiger partial charge in [0.15, 0.2) is 0 Å². The van der Waals surface area contributed by atoms with Crippen LogP contribution in [0.5, 0.6) is 5.75 Å². The minimum absolute atomic E-state index is 0.173. The molecule has 0 fully saturated rings. The molecule has 0 saturated carbocycles. The van der Waals surface area contributed by atoms with Gasteiger partial charge in [0.1, 0.15) is 5.75 Å². The van der Waals surface area contributed by atoms with Gasteiger partial charge in [-0.05, 0) is 36.4 Å². The maximum absolute atomic E-state index is 12.6. The molecule has 0 unspecified atom stereocenters. The number of alkyl halides is 3. The van der Waals surface area contributed by atoms with Crippen molar-refractivity contribution in [2.45, 2.75) is 6.18 Å². The number of benzene rings is 2. The summed E-state index contributed by atoms with van der Waals surface area (Å²) < 4.78 is 37.8. The molecule has 1 amide bonds. The first kappa shape index (κ1) is 14.7. The fourth-order valence-electron chi connectivity index (χ4n) is 1.69. The van der Waals surface area contributed by atoms with Crippen molar-refractivity contribution in [2.75, 3.05) is 11.1 Å². The first-order chi connectivity index (χ1) is 9.77. The number of aromatic hydroxyl groups is 1. The van der Waals surface area contributed by atoms with Crippen molar-refractivity contribution >= 4 is 17.3 Å². The third-order valence-electron chi connectivity index (χ3n) is 2.72. The molecule has 0 aliphatic rings. The molecule has 110 valence electrons. The van der Waals surface area contributed by atoms with Crippen molar-refractivity contribution in [3.63, 3.8) is 0 Å². The Hall–Kier alpha value is -2.70. The van der Waals surface area contributed by atoms with E-state index in [-0.39, 0.29) is 11.3 Å². The van der Waals surface area contributed by atoms with Gasteiger partial charge in [-0.15, -0.1) is 0 Å². The van der Waals surface area contributed by atoms with Crippen molar-refractivity contribution in [3.05, 3.63) is 53.6 Å². The van der Waals surface area contributed by atoms with E-state index >= 15 is 0 Å². The lowest BCUT2D eigenvalue weighted by Gasteiger charge is -2.11. The predicted molar refractivity (Wildman–Crippen MR) is 71.9 cm³/mol. The third-order valence-corrected chi connectivity index (χ3v) is 2.72. The standard InChI is InChI=1S/C14H11F3N2O2/c15-14(16,17)9-4-5-12(20)11(7-9)19-13(21)8-2-1-3-10(18)6-8/h1-7,20H,18H2,(H,19,21). The summed E-state index contributed by atoms with van der Waals surface area (Å²) in [6.07, 6.45) is -4.57. The zero-order valence-corrected chi connectivity index (χ0v) is 10.6. The van der Waals surface area contributed by atoms with Crippen LogP contribution in [0.25, 0.3) is 0 Å². The van der Waals surface area contributed by atoms with Crippen molar-refractivity contribution in [1.29, 1.82) is 0 Å². The van der Waals surface area contributed by atoms with Gasteiger partial charge in [0, 0.05) is 11.3 Å². The number of amides is 1. The van der Waals surface area contributed by atoms with Crippen molar-refractivity contribution in [1.82, 2.24) is 0 Å². The van der Waals surface area contributed by atoms with Crippen LogP contribution in [0.3, 0.4) is 0 Å². The second kappa shape index (κ2) is 5.35. The summed E-state index contributed by atoms with van der Waals surface area (Å²) in [5, 5.41) is 11.8. The smallest absolute Gasteiger partial charge is 0.416 e. The monoisotopic (exact) mass is 296 g/mol. The van der Waals surface area contributed by atoms with Gasteiger partial charge in [0.05, 0.1) is 11.3 Å². The quantitative estimate of drug-likeness (QED) is 0.588. The van der Waals surface area contributed by atoms with E-state index < -0.39 is 23.4 Å². The molecule has 21 heavy (non-hydrogen) atoms. The van der Waals surface area contributed by atoms with Gasteiger partial charge in [-0.1, -0.05) is 6.07 Å². The molecule has 0 aliphatic heterocycles. The van der Waals surface area contributed by atoms with Crippen molar-refractivity contribution in [3.8, 4) is 5.75 Å². The van der Waals surface area contributed by atoms with E-state index in [0.717, 1.165) is 12.1 Å². The van der Waals surface area contributed by atoms with E-state index in [0.29, 0.717) is 11.8 Å². The van der Waals surface area contributed by atoms with Crippen LogP contribution in [-0.4, -0.2) is 11.0 Å². The van der Waals surface area contributed by atoms with Crippen LogP contribution in [0, 0.1) is 0 Å². The highest BCUT2D eigenvalue weighted by Gasteiger charge is 2.31. The van der Waals surface area contributed by atoms with Crippen LogP contribution >= 0.6 is 0 Å². The number of hydrogen-bond donors (Lipinski definition) is 3. The summed E-state index contributed by atoms with van der Waals surface area (Å²) in [5.74, 6) is -1.13. The van der Waals surface area contributed by atoms with E-state index in [2.05, 4.69) is 5.32 Å². The summed E-state index contributed by atoms with van der Waals surface area (Å²) in [5.41, 5.74) is 4.75. The third kappa shape index (κ3) is 3.44. The Balaban J connectivity index is 2.29. The molecule has 0 heterocycles. The molecule has 4 nitrogen and oxygen atoms in total. The number of carbonyl (C=O) groups is 1. The van der Waals surface area contributed by atoms with E-state index in [9.17, 15) is 23.1 Å². The number of phenols is 1. The topological polar surface area (TPSA) is 75.4 Å². The zero-order valence-electron chi connectivity index (χ0n) is 10.6. The normalized spacial score (nSPS) is 11.2. The maximum Gasteiger partial charge on any atom is 0.416 e. The molecular formula is C14H11F3N2O2. The molecule has 4 N–H and O–H groups in total. The average Bonchev–Trinajstić information content (AvgIpc) is 2.40. The predicted octanol–water partition coefficient (Wildman–Crippen LogP) is 3.25. The molecule has 0 atom stereocenters. The summed E-state index contributed by atoms with van der Waals surface area (Å²) in [6.45, 7) is 0. The number of hydrogen-bond acceptors (Lipinski definition) is 3. The Bertz CT molecular complexity index is 684. The lowest BCUT2D eigenvalue weighted by Crippen LogP contribution is -2.13. The molecular weight excluding hydrogens is 285 g/mol. The highest BCUT2D eigenvalue weighted by atomic mass is 19.4. The molecule has 0 aromatic heterocycles. The highest BCUT2D eigenvalue weighted by molar-refractivity contribution is 6.05. The highest BCUT2D eigenvalue weighted by Crippen LogP contribution is 2.34. The first-order valence-corrected chi connectivity index (χ1v) is 5.84. The number of nitrogen functional groups attached to an aromatic ring is 1. The fourth-order valence-corrected chi connectivity index (χ4v) is 1.69. The Morgan fingerprint density at radius 1 is 1.14 bits per heavy atom. The van der Waals surface area contributed by atoms with Crippen LogP contribution in [0.2, 0.25) is 0 Å². The number of halogens is 3. The molecule has 0 radical (unpaired) electrons. The van der Waals surface area contributed by atoms with Crippen LogP contribution in [0.15, 0.2) is 42.5 Å². The van der Waals surface area contributed by atoms with Gasteiger partial charge in [0.2, 0.25) is 0 Å². The van der Waals surface area contributed by atoms with E-state index in [1.807, 2.05) is 0 Å². The average molecular weight is 296 g/mol. The molecule has 0 bridgehead atoms. The second-order valence-corrected chi connectivity index (χ2v) is 4.31. The Labute approximate surface area is 118 Å².